The molecule has 1 N–H and O–H groups in total. The number of halogens is 1. The molecular weight excluding hydrogens is 326 g/mol. The topological polar surface area (TPSA) is 28.2 Å². The van der Waals surface area contributed by atoms with Crippen molar-refractivity contribution in [2.24, 2.45) is 0 Å². The molecule has 0 bridgehead atoms. The lowest BCUT2D eigenvalue weighted by Crippen LogP contribution is -2.45. The maximum atomic E-state index is 6.63. The summed E-state index contributed by atoms with van der Waals surface area (Å²) in [6.45, 7) is 3.87. The number of rotatable bonds is 3. The molecule has 1 aliphatic rings. The van der Waals surface area contributed by atoms with Crippen molar-refractivity contribution in [2.75, 3.05) is 19.6 Å². The number of hydrogen-bond donors (Lipinski definition) is 1. The maximum absolute atomic E-state index is 6.63. The first kappa shape index (κ1) is 15.1. The quantitative estimate of drug-likeness (QED) is 0.776. The fourth-order valence-corrected chi connectivity index (χ4v) is 4.71. The zero-order chi connectivity index (χ0) is 15.6. The Morgan fingerprint density at radius 2 is 2.17 bits per heavy atom. The van der Waals surface area contributed by atoms with Crippen LogP contribution in [0.1, 0.15) is 16.5 Å². The van der Waals surface area contributed by atoms with Crippen LogP contribution in [-0.4, -0.2) is 29.5 Å². The molecule has 3 heterocycles. The molecule has 0 spiro atoms. The van der Waals surface area contributed by atoms with E-state index < -0.39 is 0 Å². The lowest BCUT2D eigenvalue weighted by atomic mass is 10.1. The van der Waals surface area contributed by atoms with Gasteiger partial charge in [0.1, 0.15) is 0 Å². The molecule has 118 valence electrons. The summed E-state index contributed by atoms with van der Waals surface area (Å²) in [5.41, 5.74) is 1.26. The molecule has 0 radical (unpaired) electrons. The number of fused-ring (bicyclic) bond motifs is 1. The van der Waals surface area contributed by atoms with E-state index in [1.165, 1.54) is 20.5 Å². The molecule has 4 rings (SSSR count). The summed E-state index contributed by atoms with van der Waals surface area (Å²) in [4.78, 5) is 8.03. The van der Waals surface area contributed by atoms with Crippen LogP contribution < -0.4 is 5.32 Å². The molecule has 23 heavy (non-hydrogen) atoms. The number of piperazine rings is 1. The average molecular weight is 344 g/mol. The Morgan fingerprint density at radius 1 is 1.26 bits per heavy atom. The summed E-state index contributed by atoms with van der Waals surface area (Å²) >= 11 is 8.43. The van der Waals surface area contributed by atoms with Gasteiger partial charge in [-0.15, -0.1) is 11.3 Å². The van der Waals surface area contributed by atoms with E-state index in [1.54, 1.807) is 11.3 Å². The number of hydrogen-bond acceptors (Lipinski definition) is 4. The first-order chi connectivity index (χ1) is 11.3. The first-order valence-corrected chi connectivity index (χ1v) is 9.03. The van der Waals surface area contributed by atoms with Crippen LogP contribution in [0.5, 0.6) is 0 Å². The number of nitrogens with zero attached hydrogens (tertiary/aromatic N) is 2. The summed E-state index contributed by atoms with van der Waals surface area (Å²) in [7, 11) is 0. The monoisotopic (exact) mass is 343 g/mol. The Balaban J connectivity index is 1.64. The van der Waals surface area contributed by atoms with Gasteiger partial charge in [-0.1, -0.05) is 35.9 Å². The molecule has 1 saturated heterocycles. The Morgan fingerprint density at radius 3 is 3.00 bits per heavy atom. The van der Waals surface area contributed by atoms with Gasteiger partial charge in [0.25, 0.3) is 0 Å². The van der Waals surface area contributed by atoms with Crippen molar-refractivity contribution in [3.05, 3.63) is 64.3 Å². The smallest absolute Gasteiger partial charge is 0.0637 e. The highest BCUT2D eigenvalue weighted by atomic mass is 35.5. The summed E-state index contributed by atoms with van der Waals surface area (Å²) in [5, 5.41) is 5.57. The van der Waals surface area contributed by atoms with Crippen LogP contribution in [0, 0.1) is 0 Å². The number of pyridine rings is 1. The molecule has 0 saturated carbocycles. The van der Waals surface area contributed by atoms with Crippen LogP contribution in [0.4, 0.5) is 0 Å². The van der Waals surface area contributed by atoms with Gasteiger partial charge in [0.2, 0.25) is 0 Å². The number of nitrogens with one attached hydrogen (secondary N) is 1. The second-order valence-corrected chi connectivity index (χ2v) is 7.33. The van der Waals surface area contributed by atoms with Crippen molar-refractivity contribution in [3.8, 4) is 0 Å². The predicted octanol–water partition coefficient (Wildman–Crippen LogP) is 4.10. The third kappa shape index (κ3) is 3.00. The highest BCUT2D eigenvalue weighted by Gasteiger charge is 2.25. The normalized spacial score (nSPS) is 19.3. The SMILES string of the molecule is Clc1c(CN2CCNCC2c2cccnc2)sc2ccccc12. The van der Waals surface area contributed by atoms with E-state index in [-0.39, 0.29) is 0 Å². The van der Waals surface area contributed by atoms with Gasteiger partial charge in [-0.05, 0) is 17.7 Å². The number of aromatic nitrogens is 1. The van der Waals surface area contributed by atoms with Gasteiger partial charge in [0.15, 0.2) is 0 Å². The summed E-state index contributed by atoms with van der Waals surface area (Å²) in [6.07, 6.45) is 3.80. The van der Waals surface area contributed by atoms with Gasteiger partial charge < -0.3 is 5.32 Å². The third-order valence-corrected chi connectivity index (χ3v) is 6.07. The molecule has 0 amide bonds. The van der Waals surface area contributed by atoms with Gasteiger partial charge in [-0.25, -0.2) is 0 Å². The summed E-state index contributed by atoms with van der Waals surface area (Å²) < 4.78 is 1.26. The molecular formula is C18H18ClN3S. The molecule has 2 aromatic heterocycles. The molecule has 1 aliphatic heterocycles. The number of benzene rings is 1. The third-order valence-electron chi connectivity index (χ3n) is 4.37. The van der Waals surface area contributed by atoms with Crippen LogP contribution in [0.2, 0.25) is 5.02 Å². The minimum absolute atomic E-state index is 0.346. The van der Waals surface area contributed by atoms with Crippen molar-refractivity contribution >= 4 is 33.0 Å². The van der Waals surface area contributed by atoms with E-state index in [2.05, 4.69) is 39.5 Å². The second-order valence-electron chi connectivity index (χ2n) is 5.81. The van der Waals surface area contributed by atoms with E-state index >= 15 is 0 Å². The van der Waals surface area contributed by atoms with Crippen molar-refractivity contribution in [2.45, 2.75) is 12.6 Å². The Kier molecular flexibility index (Phi) is 4.31. The molecule has 3 nitrogen and oxygen atoms in total. The molecule has 1 unspecified atom stereocenters. The van der Waals surface area contributed by atoms with Crippen LogP contribution in [0.15, 0.2) is 48.8 Å². The lowest BCUT2D eigenvalue weighted by molar-refractivity contribution is 0.155. The van der Waals surface area contributed by atoms with Crippen LogP contribution in [-0.2, 0) is 6.54 Å². The molecule has 5 heteroatoms. The van der Waals surface area contributed by atoms with Gasteiger partial charge in [-0.2, -0.15) is 0 Å². The van der Waals surface area contributed by atoms with Gasteiger partial charge in [0.05, 0.1) is 5.02 Å². The fraction of sp³-hybridized carbons (Fsp3) is 0.278. The zero-order valence-electron chi connectivity index (χ0n) is 12.7. The summed E-state index contributed by atoms with van der Waals surface area (Å²) in [6, 6.07) is 12.9. The minimum atomic E-state index is 0.346. The fourth-order valence-electron chi connectivity index (χ4n) is 3.19. The Bertz CT molecular complexity index is 802. The number of thiophene rings is 1. The lowest BCUT2D eigenvalue weighted by Gasteiger charge is -2.36. The van der Waals surface area contributed by atoms with Gasteiger partial charge in [0, 0.05) is 59.6 Å². The highest BCUT2D eigenvalue weighted by Crippen LogP contribution is 2.37. The van der Waals surface area contributed by atoms with E-state index in [4.69, 9.17) is 11.6 Å². The average Bonchev–Trinajstić information content (AvgIpc) is 2.92. The molecule has 3 aromatic rings. The molecule has 1 atom stereocenters. The molecule has 1 aromatic carbocycles. The summed E-state index contributed by atoms with van der Waals surface area (Å²) in [5.74, 6) is 0. The van der Waals surface area contributed by atoms with E-state index in [1.807, 2.05) is 24.5 Å². The highest BCUT2D eigenvalue weighted by molar-refractivity contribution is 7.19. The van der Waals surface area contributed by atoms with Crippen LogP contribution in [0.25, 0.3) is 10.1 Å². The second kappa shape index (κ2) is 6.57. The van der Waals surface area contributed by atoms with E-state index in [9.17, 15) is 0 Å². The Hall–Kier alpha value is -1.46. The first-order valence-electron chi connectivity index (χ1n) is 7.83. The van der Waals surface area contributed by atoms with Crippen molar-refractivity contribution in [1.29, 1.82) is 0 Å². The Labute approximate surface area is 144 Å². The van der Waals surface area contributed by atoms with E-state index in [0.29, 0.717) is 6.04 Å². The van der Waals surface area contributed by atoms with Crippen molar-refractivity contribution < 1.29 is 0 Å². The molecule has 1 fully saturated rings. The van der Waals surface area contributed by atoms with E-state index in [0.717, 1.165) is 31.2 Å². The van der Waals surface area contributed by atoms with Gasteiger partial charge >= 0.3 is 0 Å². The van der Waals surface area contributed by atoms with Crippen molar-refractivity contribution in [3.63, 3.8) is 0 Å². The maximum Gasteiger partial charge on any atom is 0.0637 e. The van der Waals surface area contributed by atoms with Crippen molar-refractivity contribution in [1.82, 2.24) is 15.2 Å². The van der Waals surface area contributed by atoms with Crippen LogP contribution >= 0.6 is 22.9 Å². The largest absolute Gasteiger partial charge is 0.314 e. The standard InChI is InChI=1S/C18H18ClN3S/c19-18-14-5-1-2-6-16(14)23-17(18)12-22-9-8-21-11-15(22)13-4-3-7-20-10-13/h1-7,10,15,21H,8-9,11-12H2. The predicted molar refractivity (Wildman–Crippen MR) is 97.1 cm³/mol. The van der Waals surface area contributed by atoms with Gasteiger partial charge in [-0.3, -0.25) is 9.88 Å². The minimum Gasteiger partial charge on any atom is -0.314 e. The molecule has 0 aliphatic carbocycles. The van der Waals surface area contributed by atoms with Crippen LogP contribution in [0.3, 0.4) is 0 Å². The zero-order valence-corrected chi connectivity index (χ0v) is 14.3.